The summed E-state index contributed by atoms with van der Waals surface area (Å²) >= 11 is 26.8. The van der Waals surface area contributed by atoms with Gasteiger partial charge in [0, 0.05) is 38.1 Å². The largest absolute Gasteiger partial charge is 0.379 e. The molecule has 0 radical (unpaired) electrons. The Bertz CT molecular complexity index is 971. The third-order valence-corrected chi connectivity index (χ3v) is 12.5. The smallest absolute Gasteiger partial charge is 0.107 e. The molecule has 4 nitrogen and oxygen atoms in total. The maximum absolute atomic E-state index is 5.93. The van der Waals surface area contributed by atoms with Gasteiger partial charge in [0.2, 0.25) is 0 Å². The molecule has 222 valence electrons. The molecule has 0 aromatic heterocycles. The van der Waals surface area contributed by atoms with Gasteiger partial charge in [0.1, 0.15) is 9.98 Å². The average Bonchev–Trinajstić information content (AvgIpc) is 3.55. The summed E-state index contributed by atoms with van der Waals surface area (Å²) in [7, 11) is 0. The zero-order valence-corrected chi connectivity index (χ0v) is 29.3. The second-order valence-electron chi connectivity index (χ2n) is 12.7. The summed E-state index contributed by atoms with van der Waals surface area (Å²) in [6, 6.07) is 0. The molecular formula is C30H44N2O2S6. The van der Waals surface area contributed by atoms with Crippen LogP contribution in [0.5, 0.6) is 0 Å². The number of thioether (sulfide) groups is 2. The molecule has 2 saturated heterocycles. The lowest BCUT2D eigenvalue weighted by Gasteiger charge is -2.35. The summed E-state index contributed by atoms with van der Waals surface area (Å²) in [6.45, 7) is 13.8. The highest BCUT2D eigenvalue weighted by atomic mass is 32.2. The Labute approximate surface area is 271 Å². The van der Waals surface area contributed by atoms with Crippen molar-refractivity contribution in [2.75, 3.05) is 51.0 Å². The minimum Gasteiger partial charge on any atom is -0.379 e. The quantitative estimate of drug-likeness (QED) is 0.128. The number of hydrogen-bond acceptors (Lipinski definition) is 8. The van der Waals surface area contributed by atoms with E-state index in [1.807, 2.05) is 23.5 Å². The third kappa shape index (κ3) is 8.80. The van der Waals surface area contributed by atoms with E-state index < -0.39 is 0 Å². The average molecular weight is 657 g/mol. The van der Waals surface area contributed by atoms with Crippen molar-refractivity contribution in [1.82, 2.24) is 9.80 Å². The van der Waals surface area contributed by atoms with Crippen LogP contribution in [0.4, 0.5) is 0 Å². The molecule has 10 heteroatoms. The Morgan fingerprint density at radius 2 is 1.07 bits per heavy atom. The van der Waals surface area contributed by atoms with Gasteiger partial charge in [-0.25, -0.2) is 0 Å². The molecule has 0 aromatic rings. The summed E-state index contributed by atoms with van der Waals surface area (Å²) in [5.74, 6) is 3.12. The molecule has 0 saturated carbocycles. The molecular weight excluding hydrogens is 613 g/mol. The highest BCUT2D eigenvalue weighted by Gasteiger charge is 2.36. The molecule has 0 aliphatic carbocycles. The lowest BCUT2D eigenvalue weighted by molar-refractivity contribution is 0.0272. The first-order valence-corrected chi connectivity index (χ1v) is 18.1. The van der Waals surface area contributed by atoms with Crippen molar-refractivity contribution in [3.05, 3.63) is 22.0 Å². The van der Waals surface area contributed by atoms with E-state index in [9.17, 15) is 0 Å². The van der Waals surface area contributed by atoms with Crippen molar-refractivity contribution >= 4 is 92.3 Å². The van der Waals surface area contributed by atoms with Crippen LogP contribution in [0.25, 0.3) is 0 Å². The predicted molar refractivity (Wildman–Crippen MR) is 189 cm³/mol. The van der Waals surface area contributed by atoms with E-state index in [1.54, 1.807) is 0 Å². The molecule has 0 N–H and O–H groups in total. The summed E-state index contributed by atoms with van der Waals surface area (Å²) < 4.78 is 11.9. The summed E-state index contributed by atoms with van der Waals surface area (Å²) in [6.07, 6.45) is 10.7. The SMILES string of the molecule is CC(C)(CCOCCOCCC(C)(C)CCN1C(=S)C=C2SCCC2C1=S)CCN1C(=S)C=C2SCCC2C1=S. The van der Waals surface area contributed by atoms with E-state index in [0.717, 1.165) is 96.3 Å². The minimum absolute atomic E-state index is 0.164. The van der Waals surface area contributed by atoms with Gasteiger partial charge >= 0.3 is 0 Å². The van der Waals surface area contributed by atoms with Crippen LogP contribution in [0.2, 0.25) is 0 Å². The van der Waals surface area contributed by atoms with Crippen LogP contribution in [0.1, 0.15) is 66.2 Å². The van der Waals surface area contributed by atoms with E-state index in [-0.39, 0.29) is 10.8 Å². The predicted octanol–water partition coefficient (Wildman–Crippen LogP) is 7.85. The van der Waals surface area contributed by atoms with Crippen molar-refractivity contribution in [3.63, 3.8) is 0 Å². The van der Waals surface area contributed by atoms with Gasteiger partial charge in [-0.2, -0.15) is 0 Å². The Morgan fingerprint density at radius 1 is 0.675 bits per heavy atom. The van der Waals surface area contributed by atoms with Crippen molar-refractivity contribution < 1.29 is 9.47 Å². The summed E-state index contributed by atoms with van der Waals surface area (Å²) in [5.41, 5.74) is 0.328. The first kappa shape index (κ1) is 33.0. The zero-order chi connectivity index (χ0) is 28.9. The lowest BCUT2D eigenvalue weighted by atomic mass is 9.85. The molecule has 0 amide bonds. The van der Waals surface area contributed by atoms with Gasteiger partial charge in [0.05, 0.1) is 23.2 Å². The molecule has 4 aliphatic heterocycles. The Balaban J connectivity index is 1.05. The monoisotopic (exact) mass is 656 g/mol. The van der Waals surface area contributed by atoms with Crippen molar-refractivity contribution in [3.8, 4) is 0 Å². The second kappa shape index (κ2) is 14.7. The third-order valence-electron chi connectivity index (χ3n) is 8.47. The van der Waals surface area contributed by atoms with Crippen LogP contribution in [0.3, 0.4) is 0 Å². The van der Waals surface area contributed by atoms with E-state index in [2.05, 4.69) is 49.6 Å². The fourth-order valence-corrected chi connectivity index (χ4v) is 9.73. The molecule has 0 spiro atoms. The first-order chi connectivity index (χ1) is 19.0. The lowest BCUT2D eigenvalue weighted by Crippen LogP contribution is -2.42. The molecule has 4 rings (SSSR count). The molecule has 2 fully saturated rings. The van der Waals surface area contributed by atoms with Crippen LogP contribution >= 0.6 is 72.4 Å². The van der Waals surface area contributed by atoms with Gasteiger partial charge < -0.3 is 19.3 Å². The Kier molecular flexibility index (Phi) is 12.1. The summed E-state index contributed by atoms with van der Waals surface area (Å²) in [4.78, 5) is 10.9. The van der Waals surface area contributed by atoms with Gasteiger partial charge in [-0.3, -0.25) is 0 Å². The van der Waals surface area contributed by atoms with Crippen molar-refractivity contribution in [1.29, 1.82) is 0 Å². The molecule has 0 aromatic carbocycles. The number of ether oxygens (including phenoxy) is 2. The van der Waals surface area contributed by atoms with Gasteiger partial charge in [-0.05, 0) is 82.8 Å². The highest BCUT2D eigenvalue weighted by Crippen LogP contribution is 2.42. The molecule has 40 heavy (non-hydrogen) atoms. The highest BCUT2D eigenvalue weighted by molar-refractivity contribution is 8.03. The van der Waals surface area contributed by atoms with E-state index in [4.69, 9.17) is 58.3 Å². The normalized spacial score (nSPS) is 23.5. The van der Waals surface area contributed by atoms with Gasteiger partial charge in [-0.1, -0.05) is 76.6 Å². The topological polar surface area (TPSA) is 24.9 Å². The van der Waals surface area contributed by atoms with Crippen LogP contribution in [0, 0.1) is 22.7 Å². The summed E-state index contributed by atoms with van der Waals surface area (Å²) in [5, 5.41) is 0. The number of nitrogens with zero attached hydrogens (tertiary/aromatic N) is 2. The van der Waals surface area contributed by atoms with Crippen LogP contribution in [0.15, 0.2) is 22.0 Å². The Morgan fingerprint density at radius 3 is 1.48 bits per heavy atom. The standard InChI is InChI=1S/C30H44N2O2S6/c1-29(2,7-11-31-25(35)19-23-21(27(31)37)5-17-39-23)9-13-33-15-16-34-14-10-30(3,4)8-12-32-26(36)20-24-22(28(32)38)6-18-40-24/h19-22H,5-18H2,1-4H3. The van der Waals surface area contributed by atoms with Gasteiger partial charge in [0.15, 0.2) is 0 Å². The molecule has 0 bridgehead atoms. The van der Waals surface area contributed by atoms with Crippen molar-refractivity contribution in [2.24, 2.45) is 22.7 Å². The zero-order valence-electron chi connectivity index (χ0n) is 24.4. The van der Waals surface area contributed by atoms with Gasteiger partial charge in [0.25, 0.3) is 0 Å². The number of hydrogen-bond donors (Lipinski definition) is 0. The molecule has 2 unspecified atom stereocenters. The van der Waals surface area contributed by atoms with E-state index in [1.165, 1.54) is 9.81 Å². The van der Waals surface area contributed by atoms with Gasteiger partial charge in [-0.15, -0.1) is 23.5 Å². The minimum atomic E-state index is 0.164. The maximum Gasteiger partial charge on any atom is 0.107 e. The van der Waals surface area contributed by atoms with Crippen LogP contribution in [-0.2, 0) is 9.47 Å². The van der Waals surface area contributed by atoms with Crippen LogP contribution < -0.4 is 0 Å². The fourth-order valence-electron chi connectivity index (χ4n) is 5.38. The number of thiocarbonyl (C=S) groups is 4. The van der Waals surface area contributed by atoms with E-state index >= 15 is 0 Å². The Hall–Kier alpha value is 0.0600. The first-order valence-electron chi connectivity index (χ1n) is 14.5. The molecule has 4 heterocycles. The second-order valence-corrected chi connectivity index (χ2v) is 16.7. The van der Waals surface area contributed by atoms with Crippen LogP contribution in [-0.4, -0.2) is 80.8 Å². The fraction of sp³-hybridized carbons (Fsp3) is 0.733. The number of rotatable bonds is 15. The van der Waals surface area contributed by atoms with E-state index in [0.29, 0.717) is 25.0 Å². The molecule has 2 atom stereocenters. The number of fused-ring (bicyclic) bond motifs is 2. The maximum atomic E-state index is 5.93. The molecule has 4 aliphatic rings. The van der Waals surface area contributed by atoms with Crippen molar-refractivity contribution in [2.45, 2.75) is 66.2 Å².